The summed E-state index contributed by atoms with van der Waals surface area (Å²) in [7, 11) is 0. The van der Waals surface area contributed by atoms with Crippen molar-refractivity contribution in [3.8, 4) is 0 Å². The molecule has 5 nitrogen and oxygen atoms in total. The molecule has 6 heteroatoms. The Kier molecular flexibility index (Phi) is 5.72. The number of nitrogens with two attached hydrogens (primary N) is 1. The van der Waals surface area contributed by atoms with Gasteiger partial charge in [0, 0.05) is 23.7 Å². The first kappa shape index (κ1) is 15.4. The van der Waals surface area contributed by atoms with Gasteiger partial charge in [-0.15, -0.1) is 0 Å². The van der Waals surface area contributed by atoms with Gasteiger partial charge in [0.05, 0.1) is 6.61 Å². The molecule has 1 atom stereocenters. The highest BCUT2D eigenvalue weighted by Gasteiger charge is 2.13. The van der Waals surface area contributed by atoms with Crippen LogP contribution in [0.5, 0.6) is 0 Å². The molecule has 0 spiro atoms. The van der Waals surface area contributed by atoms with Crippen LogP contribution in [0.2, 0.25) is 0 Å². The van der Waals surface area contributed by atoms with Crippen LogP contribution in [0.4, 0.5) is 4.39 Å². The molecule has 1 unspecified atom stereocenters. The number of nitrogens with one attached hydrogen (secondary N) is 1. The molecular weight excluding hydrogens is 249 g/mol. The average molecular weight is 269 g/mol. The molecule has 0 amide bonds. The summed E-state index contributed by atoms with van der Waals surface area (Å²) in [5.41, 5.74) is 6.17. The maximum Gasteiger partial charge on any atom is 0.170 e. The summed E-state index contributed by atoms with van der Waals surface area (Å²) in [6.45, 7) is 4.27. The molecule has 5 N–H and O–H groups in total. The zero-order valence-corrected chi connectivity index (χ0v) is 11.1. The summed E-state index contributed by atoms with van der Waals surface area (Å²) in [5, 5.41) is 23.6. The molecule has 106 valence electrons. The van der Waals surface area contributed by atoms with Crippen molar-refractivity contribution < 1.29 is 14.7 Å². The Labute approximate surface area is 111 Å². The van der Waals surface area contributed by atoms with E-state index >= 15 is 0 Å². The number of hydrogen-bond donors (Lipinski definition) is 4. The minimum absolute atomic E-state index is 0.00148. The molecule has 0 aliphatic rings. The second kappa shape index (κ2) is 7.06. The highest BCUT2D eigenvalue weighted by molar-refractivity contribution is 5.97. The number of amidine groups is 1. The third-order valence-electron chi connectivity index (χ3n) is 3.01. The van der Waals surface area contributed by atoms with Crippen molar-refractivity contribution in [2.75, 3.05) is 6.61 Å². The number of aliphatic hydroxyl groups is 1. The van der Waals surface area contributed by atoms with Gasteiger partial charge < -0.3 is 21.4 Å². The van der Waals surface area contributed by atoms with Crippen LogP contribution in [0.15, 0.2) is 23.4 Å². The summed E-state index contributed by atoms with van der Waals surface area (Å²) >= 11 is 0. The van der Waals surface area contributed by atoms with Crippen molar-refractivity contribution >= 4 is 5.84 Å². The van der Waals surface area contributed by atoms with Gasteiger partial charge in [0.2, 0.25) is 0 Å². The van der Waals surface area contributed by atoms with Gasteiger partial charge in [-0.1, -0.05) is 31.1 Å². The van der Waals surface area contributed by atoms with E-state index in [9.17, 15) is 9.50 Å². The van der Waals surface area contributed by atoms with Gasteiger partial charge in [-0.25, -0.2) is 4.39 Å². The average Bonchev–Trinajstić information content (AvgIpc) is 2.39. The lowest BCUT2D eigenvalue weighted by Crippen LogP contribution is -2.36. The van der Waals surface area contributed by atoms with Crippen molar-refractivity contribution in [2.45, 2.75) is 26.4 Å². The minimum Gasteiger partial charge on any atom is -0.409 e. The fourth-order valence-corrected chi connectivity index (χ4v) is 1.66. The van der Waals surface area contributed by atoms with Crippen LogP contribution in [0.1, 0.15) is 25.0 Å². The zero-order valence-electron chi connectivity index (χ0n) is 11.1. The highest BCUT2D eigenvalue weighted by Crippen LogP contribution is 2.11. The molecule has 0 heterocycles. The number of benzene rings is 1. The van der Waals surface area contributed by atoms with Crippen LogP contribution in [0, 0.1) is 11.7 Å². The molecular formula is C13H20FN3O2. The number of oxime groups is 1. The molecule has 1 rings (SSSR count). The zero-order chi connectivity index (χ0) is 14.4. The molecule has 0 aliphatic heterocycles. The summed E-state index contributed by atoms with van der Waals surface area (Å²) in [5.74, 6) is -0.310. The number of halogens is 1. The number of nitrogens with zero attached hydrogens (tertiary/aromatic N) is 1. The Morgan fingerprint density at radius 3 is 2.63 bits per heavy atom. The lowest BCUT2D eigenvalue weighted by atomic mass is 10.0. The highest BCUT2D eigenvalue weighted by atomic mass is 19.1. The summed E-state index contributed by atoms with van der Waals surface area (Å²) in [6.07, 6.45) is 0. The molecule has 0 bridgehead atoms. The summed E-state index contributed by atoms with van der Waals surface area (Å²) < 4.78 is 13.8. The van der Waals surface area contributed by atoms with E-state index in [4.69, 9.17) is 10.9 Å². The molecule has 19 heavy (non-hydrogen) atoms. The van der Waals surface area contributed by atoms with E-state index in [1.807, 2.05) is 13.8 Å². The van der Waals surface area contributed by atoms with E-state index in [1.54, 1.807) is 12.1 Å². The molecule has 0 aromatic heterocycles. The first-order chi connectivity index (χ1) is 8.99. The van der Waals surface area contributed by atoms with Crippen LogP contribution in [0.25, 0.3) is 0 Å². The first-order valence-corrected chi connectivity index (χ1v) is 6.10. The Balaban J connectivity index is 2.75. The van der Waals surface area contributed by atoms with E-state index in [1.165, 1.54) is 6.07 Å². The quantitative estimate of drug-likeness (QED) is 0.269. The molecule has 1 aromatic rings. The largest absolute Gasteiger partial charge is 0.409 e. The normalized spacial score (nSPS) is 13.8. The van der Waals surface area contributed by atoms with Crippen LogP contribution in [-0.4, -0.2) is 28.8 Å². The topological polar surface area (TPSA) is 90.9 Å². The maximum atomic E-state index is 13.8. The SMILES string of the molecule is CC(C)C(CO)NCc1ccc(C(N)=NO)cc1F. The number of aliphatic hydroxyl groups excluding tert-OH is 1. The maximum absolute atomic E-state index is 13.8. The van der Waals surface area contributed by atoms with Crippen molar-refractivity contribution in [1.29, 1.82) is 0 Å². The summed E-state index contributed by atoms with van der Waals surface area (Å²) in [4.78, 5) is 0. The van der Waals surface area contributed by atoms with E-state index in [-0.39, 0.29) is 24.4 Å². The molecule has 0 fully saturated rings. The van der Waals surface area contributed by atoms with Crippen molar-refractivity contribution in [2.24, 2.45) is 16.8 Å². The monoisotopic (exact) mass is 269 g/mol. The van der Waals surface area contributed by atoms with Gasteiger partial charge in [-0.05, 0) is 12.0 Å². The van der Waals surface area contributed by atoms with Crippen LogP contribution in [0.3, 0.4) is 0 Å². The van der Waals surface area contributed by atoms with E-state index < -0.39 is 5.82 Å². The number of rotatable bonds is 6. The fraction of sp³-hybridized carbons (Fsp3) is 0.462. The molecule has 0 aliphatic carbocycles. The van der Waals surface area contributed by atoms with Gasteiger partial charge in [0.15, 0.2) is 5.84 Å². The smallest absolute Gasteiger partial charge is 0.170 e. The summed E-state index contributed by atoms with van der Waals surface area (Å²) in [6, 6.07) is 4.29. The molecule has 0 saturated heterocycles. The van der Waals surface area contributed by atoms with E-state index in [0.717, 1.165) is 0 Å². The molecule has 1 aromatic carbocycles. The predicted octanol–water partition coefficient (Wildman–Crippen LogP) is 1.03. The lowest BCUT2D eigenvalue weighted by Gasteiger charge is -2.20. The molecule has 0 radical (unpaired) electrons. The van der Waals surface area contributed by atoms with Crippen molar-refractivity contribution in [1.82, 2.24) is 5.32 Å². The molecule has 0 saturated carbocycles. The van der Waals surface area contributed by atoms with Gasteiger partial charge in [-0.2, -0.15) is 0 Å². The third kappa shape index (κ3) is 4.18. The Hall–Kier alpha value is -1.66. The van der Waals surface area contributed by atoms with Crippen molar-refractivity contribution in [3.05, 3.63) is 35.1 Å². The van der Waals surface area contributed by atoms with E-state index in [2.05, 4.69) is 10.5 Å². The van der Waals surface area contributed by atoms with Gasteiger partial charge in [-0.3, -0.25) is 0 Å². The van der Waals surface area contributed by atoms with Gasteiger partial charge in [0.25, 0.3) is 0 Å². The fourth-order valence-electron chi connectivity index (χ4n) is 1.66. The lowest BCUT2D eigenvalue weighted by molar-refractivity contribution is 0.209. The second-order valence-electron chi connectivity index (χ2n) is 4.71. The van der Waals surface area contributed by atoms with Crippen LogP contribution >= 0.6 is 0 Å². The Morgan fingerprint density at radius 2 is 2.16 bits per heavy atom. The predicted molar refractivity (Wildman–Crippen MR) is 71.5 cm³/mol. The standard InChI is InChI=1S/C13H20FN3O2/c1-8(2)12(7-18)16-6-10-4-3-9(5-11(10)14)13(15)17-19/h3-5,8,12,16,18-19H,6-7H2,1-2H3,(H2,15,17). The Morgan fingerprint density at radius 1 is 1.47 bits per heavy atom. The third-order valence-corrected chi connectivity index (χ3v) is 3.01. The Bertz CT molecular complexity index is 450. The van der Waals surface area contributed by atoms with Gasteiger partial charge in [0.1, 0.15) is 5.82 Å². The van der Waals surface area contributed by atoms with Crippen molar-refractivity contribution in [3.63, 3.8) is 0 Å². The minimum atomic E-state index is -0.433. The second-order valence-corrected chi connectivity index (χ2v) is 4.71. The number of hydrogen-bond acceptors (Lipinski definition) is 4. The van der Waals surface area contributed by atoms with Crippen LogP contribution < -0.4 is 11.1 Å². The van der Waals surface area contributed by atoms with Gasteiger partial charge >= 0.3 is 0 Å². The first-order valence-electron chi connectivity index (χ1n) is 6.10. The van der Waals surface area contributed by atoms with E-state index in [0.29, 0.717) is 17.7 Å². The van der Waals surface area contributed by atoms with Crippen LogP contribution in [-0.2, 0) is 6.54 Å².